The Morgan fingerprint density at radius 1 is 1.12 bits per heavy atom. The van der Waals surface area contributed by atoms with E-state index in [0.29, 0.717) is 17.9 Å². The van der Waals surface area contributed by atoms with Gasteiger partial charge in [-0.05, 0) is 62.4 Å². The van der Waals surface area contributed by atoms with Gasteiger partial charge in [0.2, 0.25) is 0 Å². The van der Waals surface area contributed by atoms with Gasteiger partial charge in [0, 0.05) is 13.1 Å². The molecule has 26 heavy (non-hydrogen) atoms. The second-order valence-corrected chi connectivity index (χ2v) is 7.37. The molecule has 0 aliphatic carbocycles. The van der Waals surface area contributed by atoms with Crippen molar-refractivity contribution in [3.63, 3.8) is 0 Å². The first-order valence-electron chi connectivity index (χ1n) is 9.35. The molecule has 0 bridgehead atoms. The highest BCUT2D eigenvalue weighted by Gasteiger charge is 2.15. The van der Waals surface area contributed by atoms with E-state index in [1.165, 1.54) is 37.1 Å². The van der Waals surface area contributed by atoms with Gasteiger partial charge in [0.1, 0.15) is 11.6 Å². The van der Waals surface area contributed by atoms with Crippen molar-refractivity contribution in [2.75, 3.05) is 18.4 Å². The van der Waals surface area contributed by atoms with E-state index in [1.54, 1.807) is 0 Å². The first-order chi connectivity index (χ1) is 12.6. The van der Waals surface area contributed by atoms with Crippen molar-refractivity contribution < 1.29 is 0 Å². The van der Waals surface area contributed by atoms with Gasteiger partial charge in [-0.3, -0.25) is 4.90 Å². The van der Waals surface area contributed by atoms with Crippen molar-refractivity contribution in [3.8, 4) is 6.07 Å². The van der Waals surface area contributed by atoms with Gasteiger partial charge in [-0.1, -0.05) is 31.2 Å². The Hall–Kier alpha value is -2.45. The van der Waals surface area contributed by atoms with E-state index in [0.717, 1.165) is 23.7 Å². The number of likely N-dealkylation sites (tertiary alicyclic amines) is 1. The molecule has 3 rings (SSSR count). The lowest BCUT2D eigenvalue weighted by Crippen LogP contribution is -2.32. The van der Waals surface area contributed by atoms with Crippen molar-refractivity contribution in [3.05, 3.63) is 52.2 Å². The standard InChI is InChI=1S/C21H27N5/c1-15-8-10-26(11-9-15)14-19-6-4-18(5-7-19)13-23-21-20(12-22)16(2)17(3)24-25-21/h4-7,15H,8-11,13-14H2,1-3H3,(H,23,25). The minimum absolute atomic E-state index is 0.558. The highest BCUT2D eigenvalue weighted by molar-refractivity contribution is 5.55. The number of benzene rings is 1. The lowest BCUT2D eigenvalue weighted by Gasteiger charge is -2.30. The Morgan fingerprint density at radius 2 is 1.77 bits per heavy atom. The van der Waals surface area contributed by atoms with Crippen LogP contribution in [0, 0.1) is 31.1 Å². The summed E-state index contributed by atoms with van der Waals surface area (Å²) in [6.45, 7) is 10.2. The molecule has 5 nitrogen and oxygen atoms in total. The summed E-state index contributed by atoms with van der Waals surface area (Å²) in [7, 11) is 0. The van der Waals surface area contributed by atoms with E-state index >= 15 is 0 Å². The summed E-state index contributed by atoms with van der Waals surface area (Å²) in [4.78, 5) is 2.54. The van der Waals surface area contributed by atoms with Crippen LogP contribution >= 0.6 is 0 Å². The molecule has 0 unspecified atom stereocenters. The number of anilines is 1. The highest BCUT2D eigenvalue weighted by Crippen LogP contribution is 2.20. The molecule has 1 aromatic heterocycles. The monoisotopic (exact) mass is 349 g/mol. The second kappa shape index (κ2) is 8.29. The number of nitrogens with zero attached hydrogens (tertiary/aromatic N) is 4. The summed E-state index contributed by atoms with van der Waals surface area (Å²) in [6.07, 6.45) is 2.61. The van der Waals surface area contributed by atoms with Gasteiger partial charge in [0.25, 0.3) is 0 Å². The number of rotatable bonds is 5. The normalized spacial score (nSPS) is 15.6. The molecular formula is C21H27N5. The predicted octanol–water partition coefficient (Wildman–Crippen LogP) is 3.81. The van der Waals surface area contributed by atoms with Gasteiger partial charge >= 0.3 is 0 Å². The number of hydrogen-bond acceptors (Lipinski definition) is 5. The number of nitrogens with one attached hydrogen (secondary N) is 1. The Kier molecular flexibility index (Phi) is 5.85. The largest absolute Gasteiger partial charge is 0.363 e. The first-order valence-corrected chi connectivity index (χ1v) is 9.35. The maximum Gasteiger partial charge on any atom is 0.167 e. The Bertz CT molecular complexity index is 783. The van der Waals surface area contributed by atoms with E-state index in [-0.39, 0.29) is 0 Å². The number of aromatic nitrogens is 2. The van der Waals surface area contributed by atoms with Crippen LogP contribution in [-0.4, -0.2) is 28.2 Å². The molecular weight excluding hydrogens is 322 g/mol. The van der Waals surface area contributed by atoms with Crippen LogP contribution in [0.4, 0.5) is 5.82 Å². The molecule has 136 valence electrons. The van der Waals surface area contributed by atoms with Gasteiger partial charge in [-0.15, -0.1) is 5.10 Å². The lowest BCUT2D eigenvalue weighted by atomic mass is 9.99. The molecule has 1 fully saturated rings. The van der Waals surface area contributed by atoms with Crippen molar-refractivity contribution in [1.82, 2.24) is 15.1 Å². The smallest absolute Gasteiger partial charge is 0.167 e. The Morgan fingerprint density at radius 3 is 2.42 bits per heavy atom. The predicted molar refractivity (Wildman–Crippen MR) is 104 cm³/mol. The Balaban J connectivity index is 1.58. The fourth-order valence-electron chi connectivity index (χ4n) is 3.30. The molecule has 5 heteroatoms. The summed E-state index contributed by atoms with van der Waals surface area (Å²) in [5.74, 6) is 1.42. The Labute approximate surface area is 156 Å². The molecule has 2 heterocycles. The van der Waals surface area contributed by atoms with Gasteiger partial charge in [0.15, 0.2) is 5.82 Å². The zero-order valence-corrected chi connectivity index (χ0v) is 15.9. The summed E-state index contributed by atoms with van der Waals surface area (Å²) < 4.78 is 0. The third kappa shape index (κ3) is 4.39. The minimum atomic E-state index is 0.558. The van der Waals surface area contributed by atoms with E-state index in [1.807, 2.05) is 13.8 Å². The van der Waals surface area contributed by atoms with E-state index in [2.05, 4.69) is 57.7 Å². The number of aryl methyl sites for hydroxylation is 1. The average molecular weight is 349 g/mol. The molecule has 0 radical (unpaired) electrons. The highest BCUT2D eigenvalue weighted by atomic mass is 15.2. The molecule has 0 saturated carbocycles. The molecule has 1 aliphatic rings. The molecule has 0 atom stereocenters. The SMILES string of the molecule is Cc1nnc(NCc2ccc(CN3CCC(C)CC3)cc2)c(C#N)c1C. The summed E-state index contributed by atoms with van der Waals surface area (Å²) in [6, 6.07) is 10.9. The topological polar surface area (TPSA) is 64.8 Å². The molecule has 1 aliphatic heterocycles. The van der Waals surface area contributed by atoms with Crippen LogP contribution in [0.5, 0.6) is 0 Å². The van der Waals surface area contributed by atoms with Crippen LogP contribution < -0.4 is 5.32 Å². The van der Waals surface area contributed by atoms with Crippen LogP contribution in [0.15, 0.2) is 24.3 Å². The van der Waals surface area contributed by atoms with Gasteiger partial charge in [-0.25, -0.2) is 0 Å². The van der Waals surface area contributed by atoms with Gasteiger partial charge in [0.05, 0.1) is 5.69 Å². The fourth-order valence-corrected chi connectivity index (χ4v) is 3.30. The third-order valence-electron chi connectivity index (χ3n) is 5.33. The molecule has 0 amide bonds. The minimum Gasteiger partial charge on any atom is -0.363 e. The zero-order chi connectivity index (χ0) is 18.5. The summed E-state index contributed by atoms with van der Waals surface area (Å²) in [5, 5.41) is 20.9. The second-order valence-electron chi connectivity index (χ2n) is 7.37. The van der Waals surface area contributed by atoms with E-state index in [9.17, 15) is 5.26 Å². The van der Waals surface area contributed by atoms with Crippen LogP contribution in [-0.2, 0) is 13.1 Å². The maximum atomic E-state index is 9.37. The quantitative estimate of drug-likeness (QED) is 0.889. The summed E-state index contributed by atoms with van der Waals surface area (Å²) in [5.41, 5.74) is 4.78. The van der Waals surface area contributed by atoms with Crippen LogP contribution in [0.1, 0.15) is 47.7 Å². The molecule has 1 N–H and O–H groups in total. The van der Waals surface area contributed by atoms with Gasteiger partial charge in [-0.2, -0.15) is 10.4 Å². The number of hydrogen-bond donors (Lipinski definition) is 1. The van der Waals surface area contributed by atoms with Crippen molar-refractivity contribution in [2.45, 2.75) is 46.7 Å². The zero-order valence-electron chi connectivity index (χ0n) is 15.9. The van der Waals surface area contributed by atoms with E-state index in [4.69, 9.17) is 0 Å². The third-order valence-corrected chi connectivity index (χ3v) is 5.33. The first kappa shape index (κ1) is 18.3. The number of piperidine rings is 1. The van der Waals surface area contributed by atoms with Crippen molar-refractivity contribution in [1.29, 1.82) is 5.26 Å². The fraction of sp³-hybridized carbons (Fsp3) is 0.476. The lowest BCUT2D eigenvalue weighted by molar-refractivity contribution is 0.185. The van der Waals surface area contributed by atoms with Gasteiger partial charge < -0.3 is 5.32 Å². The van der Waals surface area contributed by atoms with Crippen LogP contribution in [0.25, 0.3) is 0 Å². The number of nitriles is 1. The van der Waals surface area contributed by atoms with Crippen molar-refractivity contribution >= 4 is 5.82 Å². The molecule has 0 spiro atoms. The molecule has 2 aromatic rings. The van der Waals surface area contributed by atoms with E-state index < -0.39 is 0 Å². The molecule has 1 saturated heterocycles. The average Bonchev–Trinajstić information content (AvgIpc) is 2.66. The van der Waals surface area contributed by atoms with Crippen LogP contribution in [0.2, 0.25) is 0 Å². The maximum absolute atomic E-state index is 9.37. The molecule has 1 aromatic carbocycles. The van der Waals surface area contributed by atoms with Crippen LogP contribution in [0.3, 0.4) is 0 Å². The van der Waals surface area contributed by atoms with Crippen molar-refractivity contribution in [2.24, 2.45) is 5.92 Å². The summed E-state index contributed by atoms with van der Waals surface area (Å²) >= 11 is 0.